The van der Waals surface area contributed by atoms with Crippen molar-refractivity contribution >= 4 is 28.6 Å². The number of esters is 2. The fraction of sp³-hybridized carbons (Fsp3) is 0.810. The van der Waals surface area contributed by atoms with Crippen LogP contribution in [-0.2, 0) is 32.7 Å². The van der Waals surface area contributed by atoms with Crippen LogP contribution in [0, 0.1) is 11.8 Å². The van der Waals surface area contributed by atoms with E-state index in [1.54, 1.807) is 13.0 Å². The average Bonchev–Trinajstić information content (AvgIpc) is 3.88. The van der Waals surface area contributed by atoms with Crippen LogP contribution in [0.2, 0.25) is 36.3 Å². The van der Waals surface area contributed by atoms with E-state index in [4.69, 9.17) is 23.1 Å². The number of carbonyl (C=O) groups excluding carboxylic acids is 2. The third kappa shape index (κ3) is 13.8. The van der Waals surface area contributed by atoms with Gasteiger partial charge in [-0.2, -0.15) is 0 Å². The number of ether oxygens (including phenoxy) is 3. The van der Waals surface area contributed by atoms with Crippen LogP contribution < -0.4 is 0 Å². The molecule has 0 aliphatic carbocycles. The van der Waals surface area contributed by atoms with Gasteiger partial charge in [0.05, 0.1) is 30.3 Å². The number of aliphatic hydroxyl groups is 2. The van der Waals surface area contributed by atoms with Gasteiger partial charge in [0.25, 0.3) is 0 Å². The van der Waals surface area contributed by atoms with E-state index in [2.05, 4.69) is 68.4 Å². The Bertz CT molecular complexity index is 1220. The smallest absolute Gasteiger partial charge is 0.309 e. The van der Waals surface area contributed by atoms with Crippen molar-refractivity contribution in [1.82, 2.24) is 0 Å². The molecule has 306 valence electrons. The van der Waals surface area contributed by atoms with E-state index >= 15 is 0 Å². The third-order valence-corrected chi connectivity index (χ3v) is 21.8. The maximum Gasteiger partial charge on any atom is 0.309 e. The molecule has 0 unspecified atom stereocenters. The quantitative estimate of drug-likeness (QED) is 0.0434. The molecule has 0 radical (unpaired) electrons. The zero-order valence-electron chi connectivity index (χ0n) is 35.5. The van der Waals surface area contributed by atoms with Crippen LogP contribution in [0.15, 0.2) is 36.0 Å². The van der Waals surface area contributed by atoms with Gasteiger partial charge in [0.15, 0.2) is 16.6 Å². The second kappa shape index (κ2) is 21.1. The van der Waals surface area contributed by atoms with E-state index in [-0.39, 0.29) is 49.4 Å². The summed E-state index contributed by atoms with van der Waals surface area (Å²) in [5.74, 6) is -1.05. The fourth-order valence-electron chi connectivity index (χ4n) is 8.01. The second-order valence-corrected chi connectivity index (χ2v) is 25.8. The summed E-state index contributed by atoms with van der Waals surface area (Å²) in [5.41, 5.74) is -1.18. The van der Waals surface area contributed by atoms with Crippen molar-refractivity contribution in [2.75, 3.05) is 0 Å². The van der Waals surface area contributed by atoms with Crippen molar-refractivity contribution in [3.05, 3.63) is 36.0 Å². The first-order valence-corrected chi connectivity index (χ1v) is 25.7. The number of aliphatic hydroxyl groups excluding tert-OH is 1. The second-order valence-electron chi connectivity index (χ2n) is 16.4. The highest BCUT2D eigenvalue weighted by atomic mass is 28.4. The summed E-state index contributed by atoms with van der Waals surface area (Å²) < 4.78 is 32.1. The van der Waals surface area contributed by atoms with Gasteiger partial charge in [-0.1, -0.05) is 86.6 Å². The summed E-state index contributed by atoms with van der Waals surface area (Å²) in [6.07, 6.45) is 9.24. The first-order valence-electron chi connectivity index (χ1n) is 20.7. The standard InChI is InChI=1S/C42H76O9Si2/c1-14-35(50-52(15-2,16-3)17-4)32(10)40-36(48-40)29-41(12,51-53(18-5,19-6)20-7)26-21-22-30(8)39-31(9)23-24-37(47-33(11)43)42(13,46)27-25-34(44)28-38(45)49-39/h21-24,26,31-32,34-37,39-40,44,46H,14-20,25,27-29H2,1-13H3/b24-23+,26-21+,30-22+/t31-,32+,34+,35-,36+,37-,39+,40+,41-,42+/m0/s1. The molecule has 2 aliphatic rings. The highest BCUT2D eigenvalue weighted by molar-refractivity contribution is 6.74. The number of hydrogen-bond donors (Lipinski definition) is 2. The number of epoxide rings is 1. The number of carbonyl (C=O) groups is 2. The maximum atomic E-state index is 13.0. The first-order chi connectivity index (χ1) is 24.8. The van der Waals surface area contributed by atoms with E-state index in [0.29, 0.717) is 0 Å². The summed E-state index contributed by atoms with van der Waals surface area (Å²) in [7, 11) is -3.78. The zero-order valence-corrected chi connectivity index (χ0v) is 37.5. The van der Waals surface area contributed by atoms with Crippen LogP contribution in [-0.4, -0.2) is 86.6 Å². The molecule has 0 amide bonds. The average molecular weight is 781 g/mol. The molecular formula is C42H76O9Si2. The zero-order chi connectivity index (χ0) is 40.2. The van der Waals surface area contributed by atoms with Gasteiger partial charge in [0.1, 0.15) is 17.8 Å². The highest BCUT2D eigenvalue weighted by Crippen LogP contribution is 2.42. The van der Waals surface area contributed by atoms with Crippen molar-refractivity contribution in [2.45, 2.75) is 206 Å². The van der Waals surface area contributed by atoms with Gasteiger partial charge in [0, 0.05) is 31.3 Å². The van der Waals surface area contributed by atoms with Crippen LogP contribution in [0.25, 0.3) is 0 Å². The molecule has 0 spiro atoms. The summed E-state index contributed by atoms with van der Waals surface area (Å²) in [6, 6.07) is 6.49. The molecule has 0 aromatic carbocycles. The van der Waals surface area contributed by atoms with Crippen molar-refractivity contribution < 1.29 is 42.9 Å². The Kier molecular flexibility index (Phi) is 18.9. The summed E-state index contributed by atoms with van der Waals surface area (Å²) >= 11 is 0. The molecule has 1 saturated heterocycles. The Morgan fingerprint density at radius 1 is 1.04 bits per heavy atom. The van der Waals surface area contributed by atoms with Crippen molar-refractivity contribution in [1.29, 1.82) is 0 Å². The van der Waals surface area contributed by atoms with Gasteiger partial charge in [-0.3, -0.25) is 9.59 Å². The molecule has 2 heterocycles. The molecule has 1 fully saturated rings. The fourth-order valence-corrected chi connectivity index (χ4v) is 14.1. The Balaban J connectivity index is 2.42. The number of allylic oxidation sites excluding steroid dienone is 2. The maximum absolute atomic E-state index is 13.0. The lowest BCUT2D eigenvalue weighted by Crippen LogP contribution is -2.46. The summed E-state index contributed by atoms with van der Waals surface area (Å²) in [6.45, 7) is 27.0. The predicted molar refractivity (Wildman–Crippen MR) is 219 cm³/mol. The normalized spacial score (nSPS) is 30.8. The largest absolute Gasteiger partial charge is 0.457 e. The van der Waals surface area contributed by atoms with Crippen LogP contribution in [0.4, 0.5) is 0 Å². The molecule has 9 nitrogen and oxygen atoms in total. The van der Waals surface area contributed by atoms with Crippen LogP contribution >= 0.6 is 0 Å². The van der Waals surface area contributed by atoms with E-state index in [9.17, 15) is 19.8 Å². The molecule has 2 rings (SSSR count). The number of cyclic esters (lactones) is 1. The molecule has 0 saturated carbocycles. The van der Waals surface area contributed by atoms with E-state index in [0.717, 1.165) is 54.7 Å². The van der Waals surface area contributed by atoms with Crippen LogP contribution in [0.3, 0.4) is 0 Å². The molecule has 0 aromatic heterocycles. The van der Waals surface area contributed by atoms with Crippen LogP contribution in [0.1, 0.15) is 122 Å². The lowest BCUT2D eigenvalue weighted by Gasteiger charge is -2.39. The molecule has 53 heavy (non-hydrogen) atoms. The van der Waals surface area contributed by atoms with Gasteiger partial charge in [-0.15, -0.1) is 0 Å². The van der Waals surface area contributed by atoms with Gasteiger partial charge < -0.3 is 33.3 Å². The van der Waals surface area contributed by atoms with Crippen molar-refractivity contribution in [3.8, 4) is 0 Å². The SMILES string of the molecule is CC[C@H](O[Si](CC)(CC)CC)[C@@H](C)[C@H]1O[C@@H]1C[C@](C)(/C=C/C=C(\C)[C@H]1OC(=O)C[C@H](O)CC[C@@](C)(O)[C@@H](OC(C)=O)/C=C/[C@@H]1C)O[Si](CC)(CC)CC. The molecule has 2 N–H and O–H groups in total. The lowest BCUT2D eigenvalue weighted by molar-refractivity contribution is -0.157. The van der Waals surface area contributed by atoms with Crippen LogP contribution in [0.5, 0.6) is 0 Å². The Labute approximate surface area is 324 Å². The molecule has 10 atom stereocenters. The minimum Gasteiger partial charge on any atom is -0.457 e. The minimum absolute atomic E-state index is 0.0758. The molecule has 2 aliphatic heterocycles. The first kappa shape index (κ1) is 47.5. The lowest BCUT2D eigenvalue weighted by atomic mass is 9.88. The molecular weight excluding hydrogens is 705 g/mol. The van der Waals surface area contributed by atoms with E-state index in [1.807, 2.05) is 32.1 Å². The van der Waals surface area contributed by atoms with Crippen molar-refractivity contribution in [3.63, 3.8) is 0 Å². The monoisotopic (exact) mass is 781 g/mol. The third-order valence-electron chi connectivity index (χ3n) is 12.3. The van der Waals surface area contributed by atoms with Gasteiger partial charge in [-0.25, -0.2) is 0 Å². The Morgan fingerprint density at radius 3 is 2.15 bits per heavy atom. The van der Waals surface area contributed by atoms with Gasteiger partial charge >= 0.3 is 11.9 Å². The minimum atomic E-state index is -2.02. The van der Waals surface area contributed by atoms with E-state index < -0.39 is 58.1 Å². The van der Waals surface area contributed by atoms with Gasteiger partial charge in [-0.05, 0) is 87.9 Å². The van der Waals surface area contributed by atoms with E-state index in [1.165, 1.54) is 6.92 Å². The topological polar surface area (TPSA) is 124 Å². The molecule has 0 bridgehead atoms. The summed E-state index contributed by atoms with van der Waals surface area (Å²) in [4.78, 5) is 24.9. The van der Waals surface area contributed by atoms with Gasteiger partial charge in [0.2, 0.25) is 0 Å². The Hall–Kier alpha value is -1.61. The Morgan fingerprint density at radius 2 is 1.62 bits per heavy atom. The highest BCUT2D eigenvalue weighted by Gasteiger charge is 2.50. The summed E-state index contributed by atoms with van der Waals surface area (Å²) in [5, 5.41) is 21.8. The van der Waals surface area contributed by atoms with Crippen molar-refractivity contribution in [2.24, 2.45) is 11.8 Å². The predicted octanol–water partition coefficient (Wildman–Crippen LogP) is 9.20. The number of rotatable bonds is 19. The number of hydrogen-bond acceptors (Lipinski definition) is 9. The molecule has 0 aromatic rings. The molecule has 11 heteroatoms.